The first-order chi connectivity index (χ1) is 8.08. The first kappa shape index (κ1) is 11.1. The fourth-order valence-corrected chi connectivity index (χ4v) is 1.29. The van der Waals surface area contributed by atoms with Crippen molar-refractivity contribution >= 4 is 5.97 Å². The molecular weight excluding hydrogens is 230 g/mol. The lowest BCUT2D eigenvalue weighted by molar-refractivity contribution is 0.0689. The molecule has 0 bridgehead atoms. The average molecular weight is 236 g/mol. The van der Waals surface area contributed by atoms with Crippen molar-refractivity contribution in [3.05, 3.63) is 47.7 Å². The van der Waals surface area contributed by atoms with Gasteiger partial charge in [-0.2, -0.15) is 0 Å². The lowest BCUT2D eigenvalue weighted by Gasteiger charge is -2.01. The third-order valence-corrected chi connectivity index (χ3v) is 2.09. The number of hydrogen-bond acceptors (Lipinski definition) is 3. The van der Waals surface area contributed by atoms with Crippen molar-refractivity contribution in [1.29, 1.82) is 0 Å². The van der Waals surface area contributed by atoms with Crippen LogP contribution in [0.2, 0.25) is 0 Å². The molecule has 0 saturated heterocycles. The first-order valence-corrected chi connectivity index (χ1v) is 4.60. The van der Waals surface area contributed by atoms with Crippen LogP contribution in [0.25, 0.3) is 11.3 Å². The Morgan fingerprint density at radius 1 is 1.12 bits per heavy atom. The minimum absolute atomic E-state index is 0.0656. The second-order valence-electron chi connectivity index (χ2n) is 3.23. The maximum Gasteiger partial charge on any atom is 0.356 e. The Balaban J connectivity index is 2.43. The highest BCUT2D eigenvalue weighted by Crippen LogP contribution is 2.20. The Morgan fingerprint density at radius 2 is 1.88 bits per heavy atom. The van der Waals surface area contributed by atoms with Crippen LogP contribution in [0.15, 0.2) is 30.3 Å². The monoisotopic (exact) mass is 236 g/mol. The molecule has 6 heteroatoms. The van der Waals surface area contributed by atoms with Gasteiger partial charge in [-0.1, -0.05) is 0 Å². The minimum atomic E-state index is -1.22. The zero-order valence-corrected chi connectivity index (χ0v) is 8.39. The number of carboxylic acid groups (broad SMARTS) is 1. The fourth-order valence-electron chi connectivity index (χ4n) is 1.29. The van der Waals surface area contributed by atoms with Gasteiger partial charge >= 0.3 is 5.97 Å². The number of aromatic carboxylic acids is 1. The highest BCUT2D eigenvalue weighted by Gasteiger charge is 2.10. The Bertz CT molecular complexity index is 570. The molecule has 17 heavy (non-hydrogen) atoms. The number of halogens is 2. The molecule has 0 fully saturated rings. The summed E-state index contributed by atoms with van der Waals surface area (Å²) in [7, 11) is 0. The molecule has 0 aliphatic rings. The van der Waals surface area contributed by atoms with E-state index >= 15 is 0 Å². The molecule has 0 amide bonds. The van der Waals surface area contributed by atoms with Gasteiger partial charge in [-0.3, -0.25) is 0 Å². The quantitative estimate of drug-likeness (QED) is 0.867. The molecule has 4 nitrogen and oxygen atoms in total. The van der Waals surface area contributed by atoms with Gasteiger partial charge in [0.1, 0.15) is 11.6 Å². The molecule has 1 aromatic carbocycles. The van der Waals surface area contributed by atoms with E-state index in [-0.39, 0.29) is 17.0 Å². The Morgan fingerprint density at radius 3 is 2.41 bits per heavy atom. The van der Waals surface area contributed by atoms with Crippen LogP contribution in [0.4, 0.5) is 8.78 Å². The Hall–Kier alpha value is -2.37. The van der Waals surface area contributed by atoms with Crippen LogP contribution in [0, 0.1) is 11.6 Å². The van der Waals surface area contributed by atoms with Gasteiger partial charge in [-0.05, 0) is 24.3 Å². The molecule has 1 N–H and O–H groups in total. The predicted octanol–water partition coefficient (Wildman–Crippen LogP) is 2.12. The zero-order chi connectivity index (χ0) is 12.4. The SMILES string of the molecule is O=C(O)c1ccc(-c2ccc(F)cc2F)nn1. The van der Waals surface area contributed by atoms with E-state index in [1.165, 1.54) is 18.2 Å². The number of hydrogen-bond donors (Lipinski definition) is 1. The molecule has 0 radical (unpaired) electrons. The molecule has 0 unspecified atom stereocenters. The molecule has 0 aliphatic carbocycles. The highest BCUT2D eigenvalue weighted by atomic mass is 19.1. The number of benzene rings is 1. The van der Waals surface area contributed by atoms with Crippen LogP contribution in [0.1, 0.15) is 10.5 Å². The van der Waals surface area contributed by atoms with Gasteiger partial charge in [0.05, 0.1) is 5.69 Å². The standard InChI is InChI=1S/C11H6F2N2O2/c12-6-1-2-7(8(13)5-6)9-3-4-10(11(16)17)15-14-9/h1-5H,(H,16,17). The minimum Gasteiger partial charge on any atom is -0.476 e. The molecule has 1 heterocycles. The number of aromatic nitrogens is 2. The van der Waals surface area contributed by atoms with E-state index in [2.05, 4.69) is 10.2 Å². The first-order valence-electron chi connectivity index (χ1n) is 4.60. The second-order valence-corrected chi connectivity index (χ2v) is 3.23. The molecule has 1 aromatic heterocycles. The maximum atomic E-state index is 13.4. The van der Waals surface area contributed by atoms with Crippen molar-refractivity contribution in [1.82, 2.24) is 10.2 Å². The third-order valence-electron chi connectivity index (χ3n) is 2.09. The summed E-state index contributed by atoms with van der Waals surface area (Å²) in [5.41, 5.74) is -0.0281. The summed E-state index contributed by atoms with van der Waals surface area (Å²) in [6.07, 6.45) is 0. The normalized spacial score (nSPS) is 10.2. The van der Waals surface area contributed by atoms with E-state index in [0.717, 1.165) is 12.1 Å². The average Bonchev–Trinajstić information content (AvgIpc) is 2.29. The summed E-state index contributed by atoms with van der Waals surface area (Å²) >= 11 is 0. The van der Waals surface area contributed by atoms with Crippen LogP contribution < -0.4 is 0 Å². The third kappa shape index (κ3) is 2.25. The number of rotatable bonds is 2. The number of nitrogens with zero attached hydrogens (tertiary/aromatic N) is 2. The topological polar surface area (TPSA) is 63.1 Å². The smallest absolute Gasteiger partial charge is 0.356 e. The zero-order valence-electron chi connectivity index (χ0n) is 8.39. The molecule has 0 spiro atoms. The molecular formula is C11H6F2N2O2. The predicted molar refractivity (Wildman–Crippen MR) is 54.3 cm³/mol. The fraction of sp³-hybridized carbons (Fsp3) is 0. The van der Waals surface area contributed by atoms with Crippen LogP contribution in [0.3, 0.4) is 0 Å². The van der Waals surface area contributed by atoms with E-state index in [1.807, 2.05) is 0 Å². The van der Waals surface area contributed by atoms with Gasteiger partial charge in [0.25, 0.3) is 0 Å². The van der Waals surface area contributed by atoms with Gasteiger partial charge in [0, 0.05) is 11.6 Å². The van der Waals surface area contributed by atoms with E-state index in [4.69, 9.17) is 5.11 Å². The van der Waals surface area contributed by atoms with Crippen molar-refractivity contribution in [3.63, 3.8) is 0 Å². The number of carboxylic acids is 1. The largest absolute Gasteiger partial charge is 0.476 e. The molecule has 0 atom stereocenters. The van der Waals surface area contributed by atoms with E-state index < -0.39 is 17.6 Å². The van der Waals surface area contributed by atoms with Crippen LogP contribution in [-0.2, 0) is 0 Å². The van der Waals surface area contributed by atoms with Gasteiger partial charge < -0.3 is 5.11 Å². The lowest BCUT2D eigenvalue weighted by Crippen LogP contribution is -2.02. The van der Waals surface area contributed by atoms with Crippen molar-refractivity contribution in [3.8, 4) is 11.3 Å². The van der Waals surface area contributed by atoms with Crippen LogP contribution >= 0.6 is 0 Å². The summed E-state index contributed by atoms with van der Waals surface area (Å²) in [5, 5.41) is 15.6. The van der Waals surface area contributed by atoms with Gasteiger partial charge in [-0.15, -0.1) is 10.2 Å². The van der Waals surface area contributed by atoms with Crippen LogP contribution in [0.5, 0.6) is 0 Å². The summed E-state index contributed by atoms with van der Waals surface area (Å²) < 4.78 is 26.1. The maximum absolute atomic E-state index is 13.4. The van der Waals surface area contributed by atoms with E-state index in [0.29, 0.717) is 0 Å². The number of carbonyl (C=O) groups is 1. The molecule has 2 rings (SSSR count). The summed E-state index contributed by atoms with van der Waals surface area (Å²) in [5.74, 6) is -2.69. The van der Waals surface area contributed by atoms with Crippen LogP contribution in [-0.4, -0.2) is 21.3 Å². The Kier molecular flexibility index (Phi) is 2.78. The molecule has 86 valence electrons. The van der Waals surface area contributed by atoms with Crippen molar-refractivity contribution in [2.75, 3.05) is 0 Å². The highest BCUT2D eigenvalue weighted by molar-refractivity contribution is 5.85. The van der Waals surface area contributed by atoms with Crippen molar-refractivity contribution in [2.45, 2.75) is 0 Å². The van der Waals surface area contributed by atoms with E-state index in [9.17, 15) is 13.6 Å². The molecule has 0 aliphatic heterocycles. The lowest BCUT2D eigenvalue weighted by atomic mass is 10.1. The van der Waals surface area contributed by atoms with Gasteiger partial charge in [-0.25, -0.2) is 13.6 Å². The van der Waals surface area contributed by atoms with Crippen molar-refractivity contribution in [2.24, 2.45) is 0 Å². The summed E-state index contributed by atoms with van der Waals surface area (Å²) in [4.78, 5) is 10.5. The van der Waals surface area contributed by atoms with Crippen molar-refractivity contribution < 1.29 is 18.7 Å². The molecule has 2 aromatic rings. The second kappa shape index (κ2) is 4.25. The Labute approximate surface area is 94.5 Å². The summed E-state index contributed by atoms with van der Waals surface area (Å²) in [6.45, 7) is 0. The molecule has 0 saturated carbocycles. The summed E-state index contributed by atoms with van der Waals surface area (Å²) in [6, 6.07) is 5.54. The van der Waals surface area contributed by atoms with Gasteiger partial charge in [0.2, 0.25) is 0 Å². The van der Waals surface area contributed by atoms with E-state index in [1.54, 1.807) is 0 Å². The van der Waals surface area contributed by atoms with Gasteiger partial charge in [0.15, 0.2) is 5.69 Å².